The van der Waals surface area contributed by atoms with Crippen molar-refractivity contribution in [3.63, 3.8) is 0 Å². The van der Waals surface area contributed by atoms with Gasteiger partial charge in [0.1, 0.15) is 23.9 Å². The zero-order valence-electron chi connectivity index (χ0n) is 31.0. The van der Waals surface area contributed by atoms with E-state index in [2.05, 4.69) is 23.5 Å². The fraction of sp³-hybridized carbons (Fsp3) is 0.625. The van der Waals surface area contributed by atoms with E-state index >= 15 is 0 Å². The second-order valence-corrected chi connectivity index (χ2v) is 14.2. The van der Waals surface area contributed by atoms with E-state index in [4.69, 9.17) is 9.47 Å². The van der Waals surface area contributed by atoms with Gasteiger partial charge in [-0.05, 0) is 116 Å². The van der Waals surface area contributed by atoms with Crippen molar-refractivity contribution in [2.24, 2.45) is 5.41 Å². The van der Waals surface area contributed by atoms with Gasteiger partial charge in [0, 0.05) is 25.0 Å². The summed E-state index contributed by atoms with van der Waals surface area (Å²) in [7, 11) is 1.86. The third-order valence-corrected chi connectivity index (χ3v) is 10.4. The number of likely N-dealkylation sites (N-methyl/N-ethyl adjacent to an activating group) is 1. The summed E-state index contributed by atoms with van der Waals surface area (Å²) in [5.74, 6) is 0.986. The Morgan fingerprint density at radius 3 is 2.26 bits per heavy atom. The highest BCUT2D eigenvalue weighted by molar-refractivity contribution is 5.89. The maximum atomic E-state index is 12.8. The molecular weight excluding hydrogens is 634 g/mol. The molecule has 3 atom stereocenters. The van der Waals surface area contributed by atoms with Gasteiger partial charge in [0.2, 0.25) is 5.91 Å². The van der Waals surface area contributed by atoms with Crippen LogP contribution in [0.2, 0.25) is 0 Å². The van der Waals surface area contributed by atoms with Gasteiger partial charge in [0.15, 0.2) is 5.78 Å². The Hall–Kier alpha value is -3.79. The molecule has 276 valence electrons. The topological polar surface area (TPSA) is 122 Å². The molecule has 0 aromatic heterocycles. The van der Waals surface area contributed by atoms with E-state index in [-0.39, 0.29) is 41.8 Å². The van der Waals surface area contributed by atoms with Gasteiger partial charge < -0.3 is 24.6 Å². The van der Waals surface area contributed by atoms with Crippen molar-refractivity contribution in [2.75, 3.05) is 39.9 Å². The van der Waals surface area contributed by atoms with E-state index in [1.807, 2.05) is 44.3 Å². The first kappa shape index (κ1) is 40.6. The minimum absolute atomic E-state index is 0.0226. The van der Waals surface area contributed by atoms with Gasteiger partial charge in [0.05, 0.1) is 24.6 Å². The van der Waals surface area contributed by atoms with Gasteiger partial charge in [-0.15, -0.1) is 0 Å². The van der Waals surface area contributed by atoms with Gasteiger partial charge in [0.25, 0.3) is 0 Å². The number of allylic oxidation sites excluding steroid dienone is 3. The largest absolute Gasteiger partial charge is 0.490 e. The summed E-state index contributed by atoms with van der Waals surface area (Å²) in [6, 6.07) is 7.25. The third-order valence-electron chi connectivity index (χ3n) is 10.4. The van der Waals surface area contributed by atoms with Crippen molar-refractivity contribution in [1.29, 1.82) is 0 Å². The van der Waals surface area contributed by atoms with E-state index in [0.29, 0.717) is 45.0 Å². The van der Waals surface area contributed by atoms with Crippen molar-refractivity contribution in [2.45, 2.75) is 116 Å². The fourth-order valence-corrected chi connectivity index (χ4v) is 6.88. The van der Waals surface area contributed by atoms with Crippen molar-refractivity contribution in [3.8, 4) is 5.75 Å². The summed E-state index contributed by atoms with van der Waals surface area (Å²) in [5, 5.41) is 3.31. The average Bonchev–Trinajstić information content (AvgIpc) is 3.75. The molecule has 1 N–H and O–H groups in total. The molecule has 2 aliphatic heterocycles. The second-order valence-electron chi connectivity index (χ2n) is 14.2. The number of likely N-dealkylation sites (tertiary alicyclic amines) is 2. The number of nitrogens with zero attached hydrogens (tertiary/aromatic N) is 2. The standard InChI is InChI=1S/C40H59N3O7/c1-31(44)36-20-17-24-43(36)37(47)29-34-18-16-19-35(28-34)49-26-14-11-9-13-22-40(41-5,33(3)46)21-12-8-6-7-10-15-27-50-38(48)42-25-23-39(4,30-42)32(2)45/h6-7,11,14,16,18-19,28,36,41H,8-10,12-13,15,17,20-27,29-30H2,1-5H3/b7-6+,14-11+/t36-,39+,40?/m0/s1. The quantitative estimate of drug-likeness (QED) is 0.116. The molecule has 0 bridgehead atoms. The molecule has 0 spiro atoms. The lowest BCUT2D eigenvalue weighted by Crippen LogP contribution is -2.49. The van der Waals surface area contributed by atoms with E-state index in [0.717, 1.165) is 69.8 Å². The number of amides is 2. The number of rotatable bonds is 21. The number of hydrogen-bond acceptors (Lipinski definition) is 8. The lowest BCUT2D eigenvalue weighted by molar-refractivity contribution is -0.136. The lowest BCUT2D eigenvalue weighted by atomic mass is 9.83. The smallest absolute Gasteiger partial charge is 0.409 e. The summed E-state index contributed by atoms with van der Waals surface area (Å²) >= 11 is 0. The predicted octanol–water partition coefficient (Wildman–Crippen LogP) is 6.41. The van der Waals surface area contributed by atoms with Gasteiger partial charge in [-0.25, -0.2) is 4.79 Å². The first-order valence-electron chi connectivity index (χ1n) is 18.3. The number of Topliss-reactive ketones (excluding diaryl/α,β-unsaturated/α-hetero) is 3. The second kappa shape index (κ2) is 20.2. The molecule has 0 aliphatic carbocycles. The molecule has 10 nitrogen and oxygen atoms in total. The van der Waals surface area contributed by atoms with Crippen LogP contribution in [-0.4, -0.2) is 90.6 Å². The summed E-state index contributed by atoms with van der Waals surface area (Å²) in [4.78, 5) is 64.8. The molecule has 1 aromatic carbocycles. The molecule has 2 fully saturated rings. The molecule has 50 heavy (non-hydrogen) atoms. The zero-order chi connectivity index (χ0) is 36.6. The minimum atomic E-state index is -0.544. The number of ether oxygens (including phenoxy) is 2. The van der Waals surface area contributed by atoms with Crippen LogP contribution in [0.5, 0.6) is 5.75 Å². The molecule has 2 saturated heterocycles. The number of hydrogen-bond donors (Lipinski definition) is 1. The monoisotopic (exact) mass is 693 g/mol. The predicted molar refractivity (Wildman–Crippen MR) is 195 cm³/mol. The van der Waals surface area contributed by atoms with Crippen molar-refractivity contribution in [3.05, 3.63) is 54.1 Å². The van der Waals surface area contributed by atoms with Gasteiger partial charge in [-0.1, -0.05) is 43.4 Å². The Morgan fingerprint density at radius 1 is 0.960 bits per heavy atom. The first-order valence-corrected chi connectivity index (χ1v) is 18.3. The highest BCUT2D eigenvalue weighted by Gasteiger charge is 2.40. The minimum Gasteiger partial charge on any atom is -0.490 e. The van der Waals surface area contributed by atoms with Crippen LogP contribution in [-0.2, 0) is 30.3 Å². The summed E-state index contributed by atoms with van der Waals surface area (Å²) in [6.07, 6.45) is 17.0. The number of carbonyl (C=O) groups is 5. The molecule has 2 amide bonds. The molecule has 1 unspecified atom stereocenters. The van der Waals surface area contributed by atoms with E-state index in [9.17, 15) is 24.0 Å². The Kier molecular flexibility index (Phi) is 16.4. The normalized spacial score (nSPS) is 20.4. The number of carbonyl (C=O) groups excluding carboxylic acids is 5. The molecule has 1 aromatic rings. The van der Waals surface area contributed by atoms with Gasteiger partial charge >= 0.3 is 6.09 Å². The maximum absolute atomic E-state index is 12.8. The van der Waals surface area contributed by atoms with E-state index in [1.165, 1.54) is 0 Å². The third kappa shape index (κ3) is 12.2. The average molecular weight is 694 g/mol. The van der Waals surface area contributed by atoms with Crippen LogP contribution < -0.4 is 10.1 Å². The Bertz CT molecular complexity index is 1370. The Morgan fingerprint density at radius 2 is 1.64 bits per heavy atom. The van der Waals surface area contributed by atoms with Crippen LogP contribution in [0.3, 0.4) is 0 Å². The maximum Gasteiger partial charge on any atom is 0.409 e. The number of unbranched alkanes of at least 4 members (excludes halogenated alkanes) is 3. The van der Waals surface area contributed by atoms with Crippen LogP contribution in [0.1, 0.15) is 104 Å². The fourth-order valence-electron chi connectivity index (χ4n) is 6.88. The van der Waals surface area contributed by atoms with Crippen LogP contribution in [0.15, 0.2) is 48.6 Å². The van der Waals surface area contributed by atoms with Crippen LogP contribution >= 0.6 is 0 Å². The van der Waals surface area contributed by atoms with Crippen LogP contribution in [0.4, 0.5) is 4.79 Å². The molecule has 10 heteroatoms. The lowest BCUT2D eigenvalue weighted by Gasteiger charge is -2.31. The van der Waals surface area contributed by atoms with E-state index < -0.39 is 11.0 Å². The zero-order valence-corrected chi connectivity index (χ0v) is 31.0. The molecular formula is C40H59N3O7. The summed E-state index contributed by atoms with van der Waals surface area (Å²) < 4.78 is 11.3. The molecule has 2 aliphatic rings. The van der Waals surface area contributed by atoms with Crippen molar-refractivity contribution >= 4 is 29.4 Å². The molecule has 0 radical (unpaired) electrons. The van der Waals surface area contributed by atoms with Crippen LogP contribution in [0.25, 0.3) is 0 Å². The highest BCUT2D eigenvalue weighted by atomic mass is 16.6. The van der Waals surface area contributed by atoms with Crippen molar-refractivity contribution < 1.29 is 33.4 Å². The Balaban J connectivity index is 1.29. The van der Waals surface area contributed by atoms with Gasteiger partial charge in [-0.3, -0.25) is 19.2 Å². The number of nitrogens with one attached hydrogen (secondary N) is 1. The first-order chi connectivity index (χ1) is 23.9. The molecule has 2 heterocycles. The summed E-state index contributed by atoms with van der Waals surface area (Å²) in [6.45, 7) is 9.08. The highest BCUT2D eigenvalue weighted by Crippen LogP contribution is 2.31. The van der Waals surface area contributed by atoms with Gasteiger partial charge in [-0.2, -0.15) is 0 Å². The van der Waals surface area contributed by atoms with Crippen molar-refractivity contribution in [1.82, 2.24) is 15.1 Å². The SMILES string of the molecule is CNC(CCC/C=C/CCCOC(=O)N1CC[C@@](C)(C(C)=O)C1)(CCC/C=C/COc1cccc(CC(=O)N2CCC[C@H]2C(C)=O)c1)C(C)=O. The van der Waals surface area contributed by atoms with E-state index in [1.54, 1.807) is 30.6 Å². The molecule has 0 saturated carbocycles. The summed E-state index contributed by atoms with van der Waals surface area (Å²) in [5.41, 5.74) is -0.136. The Labute approximate surface area is 299 Å². The molecule has 3 rings (SSSR count). The van der Waals surface area contributed by atoms with Crippen LogP contribution in [0, 0.1) is 5.41 Å². The number of ketones is 3. The number of benzene rings is 1.